The average molecular weight is 416 g/mol. The van der Waals surface area contributed by atoms with Crippen LogP contribution in [0.4, 0.5) is 17.1 Å². The zero-order valence-corrected chi connectivity index (χ0v) is 17.6. The zero-order valence-electron chi connectivity index (χ0n) is 16.8. The van der Waals surface area contributed by atoms with Crippen LogP contribution in [0.5, 0.6) is 0 Å². The summed E-state index contributed by atoms with van der Waals surface area (Å²) in [7, 11) is -3.67. The molecule has 1 saturated heterocycles. The summed E-state index contributed by atoms with van der Waals surface area (Å²) >= 11 is 0. The number of anilines is 3. The molecule has 1 atom stereocenters. The van der Waals surface area contributed by atoms with Gasteiger partial charge in [-0.25, -0.2) is 8.42 Å². The van der Waals surface area contributed by atoms with Crippen LogP contribution in [0.2, 0.25) is 0 Å². The van der Waals surface area contributed by atoms with E-state index in [0.717, 1.165) is 28.2 Å². The Morgan fingerprint density at radius 3 is 2.41 bits per heavy atom. The molecule has 1 heterocycles. The van der Waals surface area contributed by atoms with Gasteiger partial charge in [0.05, 0.1) is 11.9 Å². The summed E-state index contributed by atoms with van der Waals surface area (Å²) in [6.45, 7) is 4.11. The first-order valence-electron chi connectivity index (χ1n) is 9.44. The highest BCUT2D eigenvalue weighted by molar-refractivity contribution is 7.92. The van der Waals surface area contributed by atoms with Gasteiger partial charge in [0.25, 0.3) is 0 Å². The van der Waals surface area contributed by atoms with Crippen molar-refractivity contribution in [3.8, 4) is 0 Å². The van der Waals surface area contributed by atoms with Gasteiger partial charge in [0, 0.05) is 24.3 Å². The van der Waals surface area contributed by atoms with E-state index in [2.05, 4.69) is 5.32 Å². The summed E-state index contributed by atoms with van der Waals surface area (Å²) in [6.07, 6.45) is 2.48. The van der Waals surface area contributed by atoms with E-state index >= 15 is 0 Å². The number of carbonyl (C=O) groups is 2. The summed E-state index contributed by atoms with van der Waals surface area (Å²) in [5.74, 6) is -0.348. The zero-order chi connectivity index (χ0) is 21.2. The Labute approximate surface area is 171 Å². The summed E-state index contributed by atoms with van der Waals surface area (Å²) in [5.41, 5.74) is 2.67. The highest BCUT2D eigenvalue weighted by atomic mass is 32.2. The fourth-order valence-corrected chi connectivity index (χ4v) is 4.63. The number of sulfonamides is 1. The van der Waals surface area contributed by atoms with Crippen molar-refractivity contribution in [2.45, 2.75) is 32.7 Å². The molecule has 0 bridgehead atoms. The Balaban J connectivity index is 1.77. The molecule has 1 aliphatic heterocycles. The van der Waals surface area contributed by atoms with Gasteiger partial charge < -0.3 is 10.2 Å². The normalized spacial score (nSPS) is 15.3. The Morgan fingerprint density at radius 1 is 1.17 bits per heavy atom. The monoisotopic (exact) mass is 415 g/mol. The van der Waals surface area contributed by atoms with Crippen LogP contribution in [-0.4, -0.2) is 39.1 Å². The topological polar surface area (TPSA) is 86.8 Å². The number of benzene rings is 2. The molecule has 0 spiro atoms. The molecular formula is C21H25N3O4S. The number of amides is 2. The van der Waals surface area contributed by atoms with Gasteiger partial charge >= 0.3 is 0 Å². The fraction of sp³-hybridized carbons (Fsp3) is 0.333. The van der Waals surface area contributed by atoms with E-state index in [-0.39, 0.29) is 5.91 Å². The first-order chi connectivity index (χ1) is 13.7. The molecule has 2 aromatic rings. The first kappa shape index (κ1) is 20.9. The van der Waals surface area contributed by atoms with Gasteiger partial charge in [-0.3, -0.25) is 13.9 Å². The van der Waals surface area contributed by atoms with Crippen molar-refractivity contribution in [1.29, 1.82) is 0 Å². The molecule has 0 aromatic heterocycles. The molecular weight excluding hydrogens is 390 g/mol. The number of carbonyl (C=O) groups excluding carboxylic acids is 2. The van der Waals surface area contributed by atoms with Gasteiger partial charge in [0.2, 0.25) is 21.8 Å². The van der Waals surface area contributed by atoms with E-state index in [9.17, 15) is 18.0 Å². The van der Waals surface area contributed by atoms with Crippen LogP contribution in [0.1, 0.15) is 25.3 Å². The Hall–Kier alpha value is -2.87. The number of nitrogens with one attached hydrogen (secondary N) is 1. The SMILES string of the molecule is Cc1cccc(N([C@@H](C)C(=O)Nc2ccc(N3CCCC3=O)cc2)S(C)(=O)=O)c1. The molecule has 1 N–H and O–H groups in total. The van der Waals surface area contributed by atoms with Gasteiger partial charge in [-0.05, 0) is 62.2 Å². The van der Waals surface area contributed by atoms with Crippen molar-refractivity contribution in [3.63, 3.8) is 0 Å². The molecule has 7 nitrogen and oxygen atoms in total. The number of rotatable bonds is 6. The lowest BCUT2D eigenvalue weighted by Crippen LogP contribution is -2.45. The van der Waals surface area contributed by atoms with E-state index in [1.54, 1.807) is 54.3 Å². The van der Waals surface area contributed by atoms with E-state index in [1.165, 1.54) is 0 Å². The second kappa shape index (κ2) is 8.24. The summed E-state index contributed by atoms with van der Waals surface area (Å²) in [5, 5.41) is 2.76. The minimum atomic E-state index is -3.67. The predicted octanol–water partition coefficient (Wildman–Crippen LogP) is 2.92. The summed E-state index contributed by atoms with van der Waals surface area (Å²) in [6, 6.07) is 13.1. The molecule has 2 aromatic carbocycles. The Kier molecular flexibility index (Phi) is 5.93. The molecule has 3 rings (SSSR count). The third-order valence-corrected chi connectivity index (χ3v) is 6.11. The first-order valence-corrected chi connectivity index (χ1v) is 11.3. The van der Waals surface area contributed by atoms with Crippen LogP contribution < -0.4 is 14.5 Å². The van der Waals surface area contributed by atoms with Crippen LogP contribution in [0, 0.1) is 6.92 Å². The molecule has 1 aliphatic rings. The molecule has 0 aliphatic carbocycles. The molecule has 8 heteroatoms. The molecule has 1 fully saturated rings. The van der Waals surface area contributed by atoms with Gasteiger partial charge in [-0.15, -0.1) is 0 Å². The van der Waals surface area contributed by atoms with Crippen molar-refractivity contribution < 1.29 is 18.0 Å². The Bertz CT molecular complexity index is 1020. The van der Waals surface area contributed by atoms with Gasteiger partial charge in [0.1, 0.15) is 6.04 Å². The lowest BCUT2D eigenvalue weighted by molar-refractivity contribution is -0.117. The smallest absolute Gasteiger partial charge is 0.247 e. The second-order valence-electron chi connectivity index (χ2n) is 7.26. The second-order valence-corrected chi connectivity index (χ2v) is 9.12. The Morgan fingerprint density at radius 2 is 1.86 bits per heavy atom. The fourth-order valence-electron chi connectivity index (χ4n) is 3.47. The molecule has 0 saturated carbocycles. The molecule has 2 amide bonds. The number of nitrogens with zero attached hydrogens (tertiary/aromatic N) is 2. The standard InChI is InChI=1S/C21H25N3O4S/c1-15-6-4-7-19(14-15)24(29(3,27)28)16(2)21(26)22-17-9-11-18(12-10-17)23-13-5-8-20(23)25/h4,6-7,9-12,14,16H,5,8,13H2,1-3H3,(H,22,26)/t16-/m0/s1. The summed E-state index contributed by atoms with van der Waals surface area (Å²) in [4.78, 5) is 26.3. The molecule has 0 unspecified atom stereocenters. The van der Waals surface area contributed by atoms with E-state index in [0.29, 0.717) is 24.3 Å². The lowest BCUT2D eigenvalue weighted by atomic mass is 10.2. The third-order valence-electron chi connectivity index (χ3n) is 4.86. The average Bonchev–Trinajstić information content (AvgIpc) is 3.07. The molecule has 0 radical (unpaired) electrons. The summed E-state index contributed by atoms with van der Waals surface area (Å²) < 4.78 is 25.9. The van der Waals surface area contributed by atoms with Crippen LogP contribution in [0.15, 0.2) is 48.5 Å². The van der Waals surface area contributed by atoms with Crippen molar-refractivity contribution in [2.75, 3.05) is 27.3 Å². The van der Waals surface area contributed by atoms with Crippen molar-refractivity contribution in [1.82, 2.24) is 0 Å². The highest BCUT2D eigenvalue weighted by Gasteiger charge is 2.29. The van der Waals surface area contributed by atoms with E-state index in [1.807, 2.05) is 13.0 Å². The van der Waals surface area contributed by atoms with Crippen molar-refractivity contribution >= 4 is 38.9 Å². The molecule has 154 valence electrons. The van der Waals surface area contributed by atoms with Crippen molar-refractivity contribution in [2.24, 2.45) is 0 Å². The van der Waals surface area contributed by atoms with Crippen LogP contribution in [0.25, 0.3) is 0 Å². The minimum Gasteiger partial charge on any atom is -0.324 e. The maximum Gasteiger partial charge on any atom is 0.247 e. The largest absolute Gasteiger partial charge is 0.324 e. The maximum absolute atomic E-state index is 12.8. The minimum absolute atomic E-state index is 0.0948. The lowest BCUT2D eigenvalue weighted by Gasteiger charge is -2.28. The highest BCUT2D eigenvalue weighted by Crippen LogP contribution is 2.25. The predicted molar refractivity (Wildman–Crippen MR) is 115 cm³/mol. The van der Waals surface area contributed by atoms with Crippen LogP contribution in [0.3, 0.4) is 0 Å². The van der Waals surface area contributed by atoms with Crippen LogP contribution in [-0.2, 0) is 19.6 Å². The number of hydrogen-bond donors (Lipinski definition) is 1. The van der Waals surface area contributed by atoms with E-state index < -0.39 is 22.0 Å². The quantitative estimate of drug-likeness (QED) is 0.786. The van der Waals surface area contributed by atoms with Crippen LogP contribution >= 0.6 is 0 Å². The number of hydrogen-bond acceptors (Lipinski definition) is 4. The van der Waals surface area contributed by atoms with Gasteiger partial charge in [-0.2, -0.15) is 0 Å². The molecule has 29 heavy (non-hydrogen) atoms. The van der Waals surface area contributed by atoms with Crippen molar-refractivity contribution in [3.05, 3.63) is 54.1 Å². The van der Waals surface area contributed by atoms with Gasteiger partial charge in [-0.1, -0.05) is 12.1 Å². The van der Waals surface area contributed by atoms with Gasteiger partial charge in [0.15, 0.2) is 0 Å². The third kappa shape index (κ3) is 4.76. The maximum atomic E-state index is 12.8. The number of aryl methyl sites for hydroxylation is 1. The van der Waals surface area contributed by atoms with E-state index in [4.69, 9.17) is 0 Å².